The molecule has 0 N–H and O–H groups in total. The van der Waals surface area contributed by atoms with Crippen LogP contribution in [0.3, 0.4) is 0 Å². The van der Waals surface area contributed by atoms with E-state index in [4.69, 9.17) is 23.6 Å². The number of hydrogen-bond donors (Lipinski definition) is 0. The predicted octanol–water partition coefficient (Wildman–Crippen LogP) is 3.09. The van der Waals surface area contributed by atoms with Crippen molar-refractivity contribution in [2.45, 2.75) is 77.4 Å². The molecule has 120 valence electrons. The molecular weight excluding hydrogens is 269 g/mol. The molecule has 1 amide bonds. The molecule has 0 saturated carbocycles. The predicted molar refractivity (Wildman–Crippen MR) is 82.3 cm³/mol. The largest absolute Gasteiger partial charge is 0.463 e. The second kappa shape index (κ2) is 5.16. The van der Waals surface area contributed by atoms with E-state index in [9.17, 15) is 4.79 Å². The van der Waals surface area contributed by atoms with Gasteiger partial charge < -0.3 is 18.9 Å². The van der Waals surface area contributed by atoms with Gasteiger partial charge in [0.1, 0.15) is 5.60 Å². The monoisotopic (exact) mass is 304 g/mol. The normalized spacial score (nSPS) is 43.7. The lowest BCUT2D eigenvalue weighted by Crippen LogP contribution is -2.41. The molecule has 0 aliphatic carbocycles. The maximum absolute atomic E-state index is 12.6. The first-order valence-corrected chi connectivity index (χ1v) is 6.95. The fourth-order valence-electron chi connectivity index (χ4n) is 1.76. The summed E-state index contributed by atoms with van der Waals surface area (Å²) in [4.78, 5) is 12.6. The topological polar surface area (TPSA) is 48.0 Å². The van der Waals surface area contributed by atoms with E-state index in [1.165, 1.54) is 20.8 Å². The highest BCUT2D eigenvalue weighted by atomic mass is 16.7. The van der Waals surface area contributed by atoms with E-state index in [0.717, 1.165) is 0 Å². The average molecular weight is 304 g/mol. The molecule has 2 saturated heterocycles. The maximum Gasteiger partial charge on any atom is 0.463 e. The molecule has 2 aliphatic heterocycles. The van der Waals surface area contributed by atoms with Crippen molar-refractivity contribution in [3.63, 3.8) is 0 Å². The molecule has 0 aromatic rings. The molecule has 2 fully saturated rings. The molecular formula is C15H28BNO4. The van der Waals surface area contributed by atoms with E-state index in [1.54, 1.807) is 27.7 Å². The third kappa shape index (κ3) is 3.54. The second-order valence-electron chi connectivity index (χ2n) is 7.17. The molecule has 1 unspecified atom stereocenters. The van der Waals surface area contributed by atoms with E-state index < -0.39 is 55.2 Å². The lowest BCUT2D eigenvalue weighted by atomic mass is 9.71. The first kappa shape index (κ1) is 9.41. The SMILES string of the molecule is [2H]C1([2H])N(C(=O)OC(C)(C)C)C([2H])([2H])C([2H])(B2OC(C)(C)C(C)(C)O2)C1([2H])[2H]. The van der Waals surface area contributed by atoms with E-state index in [-0.39, 0.29) is 4.90 Å². The van der Waals surface area contributed by atoms with Crippen LogP contribution in [0, 0.1) is 0 Å². The fourth-order valence-corrected chi connectivity index (χ4v) is 1.76. The van der Waals surface area contributed by atoms with Crippen molar-refractivity contribution in [1.29, 1.82) is 0 Å². The molecule has 2 heterocycles. The van der Waals surface area contributed by atoms with Crippen molar-refractivity contribution >= 4 is 13.2 Å². The Labute approximate surface area is 138 Å². The molecule has 0 bridgehead atoms. The maximum atomic E-state index is 12.6. The van der Waals surface area contributed by atoms with Crippen molar-refractivity contribution in [2.24, 2.45) is 0 Å². The summed E-state index contributed by atoms with van der Waals surface area (Å²) in [6.45, 7) is 4.80. The highest BCUT2D eigenvalue weighted by Gasteiger charge is 2.54. The third-order valence-electron chi connectivity index (χ3n) is 3.60. The Kier molecular flexibility index (Phi) is 2.31. The minimum Gasteiger partial charge on any atom is -0.444 e. The molecule has 1 atom stereocenters. The lowest BCUT2D eigenvalue weighted by Gasteiger charge is -2.32. The lowest BCUT2D eigenvalue weighted by molar-refractivity contribution is 0.00578. The summed E-state index contributed by atoms with van der Waals surface area (Å²) in [5.74, 6) is -2.94. The molecule has 0 aromatic carbocycles. The zero-order valence-corrected chi connectivity index (χ0v) is 13.7. The van der Waals surface area contributed by atoms with Gasteiger partial charge in [-0.05, 0) is 54.8 Å². The number of nitrogens with zero attached hydrogens (tertiary/aromatic N) is 1. The highest BCUT2D eigenvalue weighted by molar-refractivity contribution is 6.47. The van der Waals surface area contributed by atoms with Crippen LogP contribution >= 0.6 is 0 Å². The first-order chi connectivity index (χ1) is 12.1. The van der Waals surface area contributed by atoms with Crippen LogP contribution < -0.4 is 0 Å². The van der Waals surface area contributed by atoms with Crippen LogP contribution in [-0.4, -0.2) is 47.9 Å². The molecule has 0 radical (unpaired) electrons. The van der Waals surface area contributed by atoms with Gasteiger partial charge in [0.05, 0.1) is 11.2 Å². The van der Waals surface area contributed by atoms with Crippen molar-refractivity contribution in [2.75, 3.05) is 13.0 Å². The van der Waals surface area contributed by atoms with Crippen molar-refractivity contribution in [3.8, 4) is 0 Å². The highest BCUT2D eigenvalue weighted by Crippen LogP contribution is 2.42. The van der Waals surface area contributed by atoms with Crippen LogP contribution in [0.2, 0.25) is 5.79 Å². The van der Waals surface area contributed by atoms with Crippen LogP contribution in [-0.2, 0) is 14.0 Å². The van der Waals surface area contributed by atoms with Gasteiger partial charge in [0.25, 0.3) is 0 Å². The Morgan fingerprint density at radius 2 is 1.86 bits per heavy atom. The van der Waals surface area contributed by atoms with Crippen LogP contribution in [0.5, 0.6) is 0 Å². The number of carbonyl (C=O) groups excluding carboxylic acids is 1. The van der Waals surface area contributed by atoms with Gasteiger partial charge >= 0.3 is 13.2 Å². The molecule has 5 nitrogen and oxygen atoms in total. The average Bonchev–Trinajstić information content (AvgIpc) is 2.66. The number of carbonyl (C=O) groups is 1. The minimum atomic E-state index is -3.20. The minimum absolute atomic E-state index is 0.0172. The van der Waals surface area contributed by atoms with Gasteiger partial charge in [-0.2, -0.15) is 0 Å². The Morgan fingerprint density at radius 1 is 1.33 bits per heavy atom. The van der Waals surface area contributed by atoms with Gasteiger partial charge in [0.2, 0.25) is 0 Å². The van der Waals surface area contributed by atoms with Crippen molar-refractivity contribution in [3.05, 3.63) is 0 Å². The number of ether oxygens (including phenoxy) is 1. The molecule has 0 aromatic heterocycles. The van der Waals surface area contributed by atoms with Crippen LogP contribution in [0.4, 0.5) is 4.79 Å². The van der Waals surface area contributed by atoms with Crippen molar-refractivity contribution in [1.82, 2.24) is 4.90 Å². The van der Waals surface area contributed by atoms with Crippen LogP contribution in [0.15, 0.2) is 0 Å². The summed E-state index contributed by atoms with van der Waals surface area (Å²) in [6, 6.07) is 0. The first-order valence-electron chi connectivity index (χ1n) is 10.5. The van der Waals surface area contributed by atoms with Gasteiger partial charge in [-0.1, -0.05) is 0 Å². The summed E-state index contributed by atoms with van der Waals surface area (Å²) in [5.41, 5.74) is -3.10. The van der Waals surface area contributed by atoms with Gasteiger partial charge in [0.15, 0.2) is 0 Å². The number of hydrogen-bond acceptors (Lipinski definition) is 4. The Morgan fingerprint density at radius 3 is 2.33 bits per heavy atom. The molecule has 0 spiro atoms. The van der Waals surface area contributed by atoms with Crippen LogP contribution in [0.1, 0.15) is 64.4 Å². The molecule has 2 rings (SSSR count). The Bertz CT molecular complexity index is 664. The fraction of sp³-hybridized carbons (Fsp3) is 0.933. The standard InChI is InChI=1S/C15H28BNO4/c1-13(2,3)19-12(18)17-9-8-11(10-17)16-20-14(4,5)15(6,7)21-16/h11H,8-10H2,1-7H3/i8D2,9D2,10D2,11D. The summed E-state index contributed by atoms with van der Waals surface area (Å²) in [6.07, 6.45) is -4.60. The summed E-state index contributed by atoms with van der Waals surface area (Å²) in [5, 5.41) is 0. The van der Waals surface area contributed by atoms with E-state index in [1.807, 2.05) is 0 Å². The van der Waals surface area contributed by atoms with E-state index >= 15 is 0 Å². The van der Waals surface area contributed by atoms with Gasteiger partial charge in [0, 0.05) is 28.4 Å². The smallest absolute Gasteiger partial charge is 0.444 e. The molecule has 6 heteroatoms. The van der Waals surface area contributed by atoms with E-state index in [0.29, 0.717) is 0 Å². The summed E-state index contributed by atoms with van der Waals surface area (Å²) in [7, 11) is -1.77. The molecule has 21 heavy (non-hydrogen) atoms. The number of amides is 1. The van der Waals surface area contributed by atoms with Crippen LogP contribution in [0.25, 0.3) is 0 Å². The molecule has 2 aliphatic rings. The zero-order chi connectivity index (χ0) is 22.4. The Balaban J connectivity index is 2.62. The summed E-state index contributed by atoms with van der Waals surface area (Å²) < 4.78 is 75.2. The van der Waals surface area contributed by atoms with Gasteiger partial charge in [-0.3, -0.25) is 0 Å². The summed E-state index contributed by atoms with van der Waals surface area (Å²) >= 11 is 0. The van der Waals surface area contributed by atoms with Crippen molar-refractivity contribution < 1.29 is 28.4 Å². The van der Waals surface area contributed by atoms with E-state index in [2.05, 4.69) is 0 Å². The second-order valence-corrected chi connectivity index (χ2v) is 7.17. The zero-order valence-electron chi connectivity index (χ0n) is 20.7. The third-order valence-corrected chi connectivity index (χ3v) is 3.60. The van der Waals surface area contributed by atoms with Gasteiger partial charge in [-0.15, -0.1) is 0 Å². The quantitative estimate of drug-likeness (QED) is 0.698. The number of likely N-dealkylation sites (tertiary alicyclic amines) is 1. The van der Waals surface area contributed by atoms with Gasteiger partial charge in [-0.25, -0.2) is 4.79 Å². The Hall–Kier alpha value is -0.745. The number of rotatable bonds is 1.